The van der Waals surface area contributed by atoms with E-state index in [2.05, 4.69) is 29.7 Å². The fourth-order valence-electron chi connectivity index (χ4n) is 3.41. The number of fused-ring (bicyclic) bond motifs is 1. The Morgan fingerprint density at radius 1 is 1.20 bits per heavy atom. The first-order chi connectivity index (χ1) is 12.2. The monoisotopic (exact) mass is 368 g/mol. The second kappa shape index (κ2) is 7.10. The SMILES string of the molecule is CN(Cc1cccs1)C(=O)[C@@H]1CC=CC[C@H]1c1nc2ccccc2s1. The van der Waals surface area contributed by atoms with E-state index in [1.165, 1.54) is 9.58 Å². The lowest BCUT2D eigenvalue weighted by atomic mass is 9.82. The molecule has 0 N–H and O–H groups in total. The lowest BCUT2D eigenvalue weighted by Gasteiger charge is -2.29. The van der Waals surface area contributed by atoms with Gasteiger partial charge in [-0.15, -0.1) is 22.7 Å². The van der Waals surface area contributed by atoms with Gasteiger partial charge in [-0.2, -0.15) is 0 Å². The van der Waals surface area contributed by atoms with Gasteiger partial charge in [-0.05, 0) is 36.4 Å². The van der Waals surface area contributed by atoms with Crippen LogP contribution in [0, 0.1) is 5.92 Å². The third kappa shape index (κ3) is 3.39. The van der Waals surface area contributed by atoms with Gasteiger partial charge in [0.15, 0.2) is 0 Å². The van der Waals surface area contributed by atoms with Gasteiger partial charge in [0, 0.05) is 17.8 Å². The van der Waals surface area contributed by atoms with Gasteiger partial charge in [-0.1, -0.05) is 30.4 Å². The summed E-state index contributed by atoms with van der Waals surface area (Å²) >= 11 is 3.43. The molecular formula is C20H20N2OS2. The van der Waals surface area contributed by atoms with Crippen LogP contribution in [0.2, 0.25) is 0 Å². The standard InChI is InChI=1S/C20H20N2OS2/c1-22(13-14-7-6-12-24-14)20(23)16-9-3-2-8-15(16)19-21-17-10-4-5-11-18(17)25-19/h2-7,10-12,15-16H,8-9,13H2,1H3/t15-,16-/m1/s1. The number of aromatic nitrogens is 1. The number of carbonyl (C=O) groups excluding carboxylic acids is 1. The quantitative estimate of drug-likeness (QED) is 0.603. The number of para-hydroxylation sites is 1. The molecule has 0 saturated heterocycles. The molecule has 1 aromatic carbocycles. The lowest BCUT2D eigenvalue weighted by molar-refractivity contribution is -0.135. The molecule has 5 heteroatoms. The van der Waals surface area contributed by atoms with Gasteiger partial charge in [0.2, 0.25) is 5.91 Å². The Hall–Kier alpha value is -1.98. The number of rotatable bonds is 4. The van der Waals surface area contributed by atoms with Gasteiger partial charge in [-0.25, -0.2) is 4.98 Å². The number of allylic oxidation sites excluding steroid dienone is 2. The largest absolute Gasteiger partial charge is 0.340 e. The number of thiophene rings is 1. The van der Waals surface area contributed by atoms with Crippen molar-refractivity contribution in [1.29, 1.82) is 0 Å². The van der Waals surface area contributed by atoms with E-state index < -0.39 is 0 Å². The van der Waals surface area contributed by atoms with Gasteiger partial charge in [0.05, 0.1) is 27.7 Å². The predicted molar refractivity (Wildman–Crippen MR) is 105 cm³/mol. The molecule has 0 aliphatic heterocycles. The minimum absolute atomic E-state index is 0.0180. The summed E-state index contributed by atoms with van der Waals surface area (Å²) in [5.74, 6) is 0.387. The summed E-state index contributed by atoms with van der Waals surface area (Å²) in [5.41, 5.74) is 1.04. The van der Waals surface area contributed by atoms with E-state index in [9.17, 15) is 4.79 Å². The first-order valence-corrected chi connectivity index (χ1v) is 10.2. The molecule has 128 valence electrons. The Morgan fingerprint density at radius 2 is 2.04 bits per heavy atom. The van der Waals surface area contributed by atoms with E-state index in [-0.39, 0.29) is 17.7 Å². The Bertz CT molecular complexity index is 864. The molecule has 0 spiro atoms. The average molecular weight is 369 g/mol. The maximum atomic E-state index is 13.1. The van der Waals surface area contributed by atoms with Gasteiger partial charge in [0.25, 0.3) is 0 Å². The number of amides is 1. The molecule has 1 aliphatic rings. The molecule has 0 saturated carbocycles. The van der Waals surface area contributed by atoms with Gasteiger partial charge >= 0.3 is 0 Å². The van der Waals surface area contributed by atoms with E-state index in [1.54, 1.807) is 22.7 Å². The summed E-state index contributed by atoms with van der Waals surface area (Å²) < 4.78 is 1.20. The van der Waals surface area contributed by atoms with Gasteiger partial charge in [0.1, 0.15) is 0 Å². The molecule has 25 heavy (non-hydrogen) atoms. The highest BCUT2D eigenvalue weighted by molar-refractivity contribution is 7.18. The van der Waals surface area contributed by atoms with Crippen LogP contribution in [0.15, 0.2) is 53.9 Å². The molecule has 2 aromatic heterocycles. The molecular weight excluding hydrogens is 348 g/mol. The fraction of sp³-hybridized carbons (Fsp3) is 0.300. The minimum Gasteiger partial charge on any atom is -0.340 e. The van der Waals surface area contributed by atoms with Crippen molar-refractivity contribution in [3.63, 3.8) is 0 Å². The van der Waals surface area contributed by atoms with Crippen LogP contribution in [0.5, 0.6) is 0 Å². The van der Waals surface area contributed by atoms with Crippen LogP contribution in [-0.4, -0.2) is 22.8 Å². The topological polar surface area (TPSA) is 33.2 Å². The van der Waals surface area contributed by atoms with Crippen LogP contribution in [0.1, 0.15) is 28.6 Å². The lowest BCUT2D eigenvalue weighted by Crippen LogP contribution is -2.36. The maximum Gasteiger partial charge on any atom is 0.226 e. The van der Waals surface area contributed by atoms with Crippen molar-refractivity contribution in [2.24, 2.45) is 5.92 Å². The number of nitrogens with zero attached hydrogens (tertiary/aromatic N) is 2. The zero-order valence-electron chi connectivity index (χ0n) is 14.1. The average Bonchev–Trinajstić information content (AvgIpc) is 3.30. The highest BCUT2D eigenvalue weighted by Crippen LogP contribution is 2.39. The Balaban J connectivity index is 1.58. The van der Waals surface area contributed by atoms with Gasteiger partial charge < -0.3 is 4.90 Å². The summed E-state index contributed by atoms with van der Waals surface area (Å²) in [5, 5.41) is 3.15. The molecule has 0 bridgehead atoms. The number of carbonyl (C=O) groups is 1. The first-order valence-electron chi connectivity index (χ1n) is 8.50. The molecule has 0 fully saturated rings. The Kier molecular flexibility index (Phi) is 4.68. The van der Waals surface area contributed by atoms with Crippen molar-refractivity contribution in [2.45, 2.75) is 25.3 Å². The molecule has 3 nitrogen and oxygen atoms in total. The normalized spacial score (nSPS) is 20.0. The van der Waals surface area contributed by atoms with Crippen LogP contribution in [-0.2, 0) is 11.3 Å². The molecule has 0 radical (unpaired) electrons. The summed E-state index contributed by atoms with van der Waals surface area (Å²) in [6.45, 7) is 0.684. The first kappa shape index (κ1) is 16.5. The smallest absolute Gasteiger partial charge is 0.226 e. The fourth-order valence-corrected chi connectivity index (χ4v) is 5.31. The van der Waals surface area contributed by atoms with Crippen LogP contribution < -0.4 is 0 Å². The van der Waals surface area contributed by atoms with Crippen molar-refractivity contribution in [2.75, 3.05) is 7.05 Å². The predicted octanol–water partition coefficient (Wildman–Crippen LogP) is 5.07. The molecule has 4 rings (SSSR count). The third-order valence-corrected chi connectivity index (χ3v) is 6.76. The number of benzene rings is 1. The third-order valence-electron chi connectivity index (χ3n) is 4.73. The minimum atomic E-state index is -0.0180. The van der Waals surface area contributed by atoms with Crippen molar-refractivity contribution in [1.82, 2.24) is 9.88 Å². The summed E-state index contributed by atoms with van der Waals surface area (Å²) in [7, 11) is 1.91. The van der Waals surface area contributed by atoms with E-state index in [1.807, 2.05) is 36.2 Å². The van der Waals surface area contributed by atoms with E-state index in [0.717, 1.165) is 23.4 Å². The van der Waals surface area contributed by atoms with Crippen molar-refractivity contribution in [3.05, 3.63) is 63.8 Å². The number of hydrogen-bond acceptors (Lipinski definition) is 4. The summed E-state index contributed by atoms with van der Waals surface area (Å²) in [6, 6.07) is 12.3. The molecule has 2 heterocycles. The van der Waals surface area contributed by atoms with E-state index in [0.29, 0.717) is 6.54 Å². The molecule has 3 aromatic rings. The Morgan fingerprint density at radius 3 is 2.84 bits per heavy atom. The zero-order chi connectivity index (χ0) is 17.2. The van der Waals surface area contributed by atoms with Crippen LogP contribution in [0.4, 0.5) is 0 Å². The highest BCUT2D eigenvalue weighted by Gasteiger charge is 2.34. The van der Waals surface area contributed by atoms with Crippen molar-refractivity contribution < 1.29 is 4.79 Å². The summed E-state index contributed by atoms with van der Waals surface area (Å²) in [6.07, 6.45) is 6.03. The van der Waals surface area contributed by atoms with E-state index in [4.69, 9.17) is 4.98 Å². The van der Waals surface area contributed by atoms with Crippen LogP contribution in [0.25, 0.3) is 10.2 Å². The Labute approximate surface area is 155 Å². The van der Waals surface area contributed by atoms with Crippen LogP contribution in [0.3, 0.4) is 0 Å². The van der Waals surface area contributed by atoms with E-state index >= 15 is 0 Å². The zero-order valence-corrected chi connectivity index (χ0v) is 15.7. The molecule has 1 amide bonds. The second-order valence-corrected chi connectivity index (χ2v) is 8.54. The van der Waals surface area contributed by atoms with Crippen molar-refractivity contribution in [3.8, 4) is 0 Å². The molecule has 0 unspecified atom stereocenters. The summed E-state index contributed by atoms with van der Waals surface area (Å²) in [4.78, 5) is 21.0. The van der Waals surface area contributed by atoms with Crippen LogP contribution >= 0.6 is 22.7 Å². The highest BCUT2D eigenvalue weighted by atomic mass is 32.1. The molecule has 2 atom stereocenters. The van der Waals surface area contributed by atoms with Crippen molar-refractivity contribution >= 4 is 38.8 Å². The second-order valence-electron chi connectivity index (χ2n) is 6.45. The number of thiazole rings is 1. The maximum absolute atomic E-state index is 13.1. The van der Waals surface area contributed by atoms with Gasteiger partial charge in [-0.3, -0.25) is 4.79 Å². The molecule has 1 aliphatic carbocycles. The number of hydrogen-bond donors (Lipinski definition) is 0.